The number of carbonyl (C=O) groups excluding carboxylic acids is 2. The molecule has 4 rings (SSSR count). The van der Waals surface area contributed by atoms with Crippen molar-refractivity contribution in [1.29, 1.82) is 0 Å². The molecule has 0 radical (unpaired) electrons. The molecule has 178 valence electrons. The summed E-state index contributed by atoms with van der Waals surface area (Å²) in [6.07, 6.45) is 0. The van der Waals surface area contributed by atoms with Crippen molar-refractivity contribution in [3.05, 3.63) is 72.3 Å². The first-order chi connectivity index (χ1) is 16.6. The Morgan fingerprint density at radius 2 is 1.72 bits per heavy atom. The molecule has 4 aromatic rings. The molecule has 0 spiro atoms. The number of para-hydroxylation sites is 1. The van der Waals surface area contributed by atoms with Crippen molar-refractivity contribution in [1.82, 2.24) is 4.98 Å². The molecule has 9 nitrogen and oxygen atoms in total. The van der Waals surface area contributed by atoms with Crippen LogP contribution in [0.25, 0.3) is 20.8 Å². The molecule has 1 N–H and O–H groups in total. The topological polar surface area (TPSA) is 141 Å². The third-order valence-electron chi connectivity index (χ3n) is 4.95. The van der Waals surface area contributed by atoms with Crippen LogP contribution < -0.4 is 34.9 Å². The van der Waals surface area contributed by atoms with Crippen molar-refractivity contribution in [3.63, 3.8) is 0 Å². The van der Waals surface area contributed by atoms with Crippen molar-refractivity contribution in [3.8, 4) is 10.6 Å². The third-order valence-corrected chi connectivity index (χ3v) is 6.85. The van der Waals surface area contributed by atoms with E-state index in [1.807, 2.05) is 6.07 Å². The zero-order valence-corrected chi connectivity index (χ0v) is 23.3. The van der Waals surface area contributed by atoms with Crippen LogP contribution in [-0.2, 0) is 19.7 Å². The van der Waals surface area contributed by atoms with E-state index < -0.39 is 27.9 Å². The van der Waals surface area contributed by atoms with E-state index in [-0.39, 0.29) is 40.0 Å². The smallest absolute Gasteiger partial charge is 0.744 e. The maximum atomic E-state index is 12.5. The van der Waals surface area contributed by atoms with E-state index >= 15 is 0 Å². The molecule has 12 heteroatoms. The van der Waals surface area contributed by atoms with Crippen molar-refractivity contribution in [2.45, 2.75) is 24.8 Å². The van der Waals surface area contributed by atoms with Gasteiger partial charge in [-0.05, 0) is 67.9 Å². The van der Waals surface area contributed by atoms with Crippen LogP contribution in [0.2, 0.25) is 0 Å². The summed E-state index contributed by atoms with van der Waals surface area (Å²) in [7, 11) is -4.67. The first kappa shape index (κ1) is 27.8. The molecule has 0 aliphatic rings. The SMILES string of the molecule is CC(=O)C(N=Nc1ccc(-c2nc3c(S(=O)(=O)[O-])cc(C)cc3s2)cc1)C(=O)Nc1ccccc1.[Na+]. The molecule has 1 aromatic heterocycles. The molecule has 1 atom stereocenters. The van der Waals surface area contributed by atoms with Crippen LogP contribution in [0.15, 0.2) is 81.9 Å². The molecular formula is C24H19N4NaO5S2. The van der Waals surface area contributed by atoms with Crippen LogP contribution in [0.4, 0.5) is 11.4 Å². The second kappa shape index (κ2) is 11.5. The fraction of sp³-hybridized carbons (Fsp3) is 0.125. The molecule has 0 saturated heterocycles. The number of aryl methyl sites for hydroxylation is 1. The summed E-state index contributed by atoms with van der Waals surface area (Å²) in [6.45, 7) is 2.98. The number of hydrogen-bond acceptors (Lipinski definition) is 9. The Morgan fingerprint density at radius 3 is 2.33 bits per heavy atom. The van der Waals surface area contributed by atoms with Gasteiger partial charge in [0.1, 0.15) is 15.1 Å². The molecule has 0 saturated carbocycles. The monoisotopic (exact) mass is 530 g/mol. The van der Waals surface area contributed by atoms with Crippen molar-refractivity contribution < 1.29 is 52.1 Å². The van der Waals surface area contributed by atoms with Crippen LogP contribution in [0.5, 0.6) is 0 Å². The molecule has 36 heavy (non-hydrogen) atoms. The van der Waals surface area contributed by atoms with E-state index in [0.717, 1.165) is 0 Å². The number of hydrogen-bond donors (Lipinski definition) is 1. The van der Waals surface area contributed by atoms with Gasteiger partial charge in [0.05, 0.1) is 20.8 Å². The van der Waals surface area contributed by atoms with Gasteiger partial charge in [-0.3, -0.25) is 9.59 Å². The summed E-state index contributed by atoms with van der Waals surface area (Å²) in [4.78, 5) is 28.4. The summed E-state index contributed by atoms with van der Waals surface area (Å²) in [5.74, 6) is -1.04. The van der Waals surface area contributed by atoms with E-state index in [4.69, 9.17) is 0 Å². The minimum Gasteiger partial charge on any atom is -0.744 e. The zero-order valence-electron chi connectivity index (χ0n) is 19.6. The summed E-state index contributed by atoms with van der Waals surface area (Å²) >= 11 is 1.26. The maximum Gasteiger partial charge on any atom is 1.00 e. The number of anilines is 1. The van der Waals surface area contributed by atoms with Gasteiger partial charge in [0, 0.05) is 11.3 Å². The third kappa shape index (κ3) is 6.49. The summed E-state index contributed by atoms with van der Waals surface area (Å²) in [5.41, 5.74) is 2.42. The number of thiazole rings is 1. The Balaban J connectivity index is 0.00000361. The largest absolute Gasteiger partial charge is 1.00 e. The summed E-state index contributed by atoms with van der Waals surface area (Å²) in [6, 6.07) is 17.2. The van der Waals surface area contributed by atoms with E-state index in [9.17, 15) is 22.6 Å². The molecule has 0 aliphatic heterocycles. The number of fused-ring (bicyclic) bond motifs is 1. The number of carbonyl (C=O) groups is 2. The number of aromatic nitrogens is 1. The number of nitrogens with one attached hydrogen (secondary N) is 1. The minimum atomic E-state index is -4.67. The Morgan fingerprint density at radius 1 is 1.06 bits per heavy atom. The quantitative estimate of drug-likeness (QED) is 0.167. The van der Waals surface area contributed by atoms with E-state index in [1.165, 1.54) is 24.3 Å². The molecule has 0 bridgehead atoms. The molecular weight excluding hydrogens is 511 g/mol. The van der Waals surface area contributed by atoms with Gasteiger partial charge in [0.15, 0.2) is 5.78 Å². The van der Waals surface area contributed by atoms with E-state index in [1.54, 1.807) is 61.5 Å². The second-order valence-corrected chi connectivity index (χ2v) is 10.1. The predicted octanol–water partition coefficient (Wildman–Crippen LogP) is 1.86. The maximum absolute atomic E-state index is 12.5. The number of Topliss-reactive ketones (excluding diaryl/α,β-unsaturated/α-hetero) is 1. The van der Waals surface area contributed by atoms with Gasteiger partial charge in [-0.25, -0.2) is 13.4 Å². The normalized spacial score (nSPS) is 12.3. The fourth-order valence-electron chi connectivity index (χ4n) is 3.29. The van der Waals surface area contributed by atoms with Gasteiger partial charge in [-0.1, -0.05) is 18.2 Å². The van der Waals surface area contributed by atoms with Gasteiger partial charge in [-0.15, -0.1) is 11.3 Å². The van der Waals surface area contributed by atoms with Crippen LogP contribution in [0.3, 0.4) is 0 Å². The number of rotatable bonds is 7. The molecule has 1 heterocycles. The van der Waals surface area contributed by atoms with Crippen LogP contribution in [0.1, 0.15) is 12.5 Å². The Hall–Kier alpha value is -2.80. The number of azo groups is 1. The van der Waals surface area contributed by atoms with E-state index in [0.29, 0.717) is 32.2 Å². The van der Waals surface area contributed by atoms with Crippen LogP contribution >= 0.6 is 11.3 Å². The van der Waals surface area contributed by atoms with Crippen molar-refractivity contribution >= 4 is 54.7 Å². The van der Waals surface area contributed by atoms with Crippen LogP contribution in [-0.4, -0.2) is 35.7 Å². The Labute approximate surface area is 233 Å². The average molecular weight is 531 g/mol. The first-order valence-corrected chi connectivity index (χ1v) is 12.6. The van der Waals surface area contributed by atoms with Crippen molar-refractivity contribution in [2.24, 2.45) is 10.2 Å². The predicted molar refractivity (Wildman–Crippen MR) is 132 cm³/mol. The molecule has 3 aromatic carbocycles. The fourth-order valence-corrected chi connectivity index (χ4v) is 5.17. The Bertz CT molecular complexity index is 1550. The van der Waals surface area contributed by atoms with Gasteiger partial charge < -0.3 is 9.87 Å². The zero-order chi connectivity index (χ0) is 25.2. The van der Waals surface area contributed by atoms with Crippen LogP contribution in [0, 0.1) is 6.92 Å². The van der Waals surface area contributed by atoms with Gasteiger partial charge in [-0.2, -0.15) is 10.2 Å². The number of nitrogens with zero attached hydrogens (tertiary/aromatic N) is 3. The first-order valence-electron chi connectivity index (χ1n) is 10.4. The molecule has 0 aliphatic carbocycles. The summed E-state index contributed by atoms with van der Waals surface area (Å²) < 4.78 is 35.5. The summed E-state index contributed by atoms with van der Waals surface area (Å²) in [5, 5.41) is 11.1. The molecule has 1 amide bonds. The molecule has 0 fully saturated rings. The van der Waals surface area contributed by atoms with Gasteiger partial charge in [0.25, 0.3) is 5.91 Å². The van der Waals surface area contributed by atoms with Gasteiger partial charge >= 0.3 is 29.6 Å². The van der Waals surface area contributed by atoms with Crippen molar-refractivity contribution in [2.75, 3.05) is 5.32 Å². The minimum absolute atomic E-state index is 0. The van der Waals surface area contributed by atoms with E-state index in [2.05, 4.69) is 20.5 Å². The number of benzene rings is 3. The number of ketones is 1. The number of amides is 1. The second-order valence-electron chi connectivity index (χ2n) is 7.71. The van der Waals surface area contributed by atoms with Gasteiger partial charge in [0.2, 0.25) is 6.04 Å². The average Bonchev–Trinajstić information content (AvgIpc) is 3.22. The standard InChI is InChI=1S/C24H20N4O5S2.Na/c1-14-12-19-22(20(13-14)35(31,32)33)26-24(34-19)16-8-10-18(11-9-16)27-28-21(15(2)29)23(30)25-17-6-4-3-5-7-17;/h3-13,21H,1-2H3,(H,25,30)(H,31,32,33);/q;+1/p-1. The Kier molecular flexibility index (Phi) is 8.88. The molecule has 1 unspecified atom stereocenters.